The number of nitrogens with zero attached hydrogens (tertiary/aromatic N) is 1. The molecule has 0 aliphatic carbocycles. The van der Waals surface area contributed by atoms with Gasteiger partial charge in [-0.05, 0) is 61.0 Å². The second kappa shape index (κ2) is 13.0. The summed E-state index contributed by atoms with van der Waals surface area (Å²) in [6, 6.07) is 15.4. The highest BCUT2D eigenvalue weighted by Gasteiger charge is 2.24. The molecule has 1 aliphatic heterocycles. The van der Waals surface area contributed by atoms with Gasteiger partial charge in [-0.3, -0.25) is 4.79 Å². The molecule has 0 saturated carbocycles. The zero-order valence-electron chi connectivity index (χ0n) is 18.9. The van der Waals surface area contributed by atoms with Gasteiger partial charge in [-0.15, -0.1) is 0 Å². The Hall–Kier alpha value is -2.73. The monoisotopic (exact) mass is 452 g/mol. The molecule has 1 fully saturated rings. The second-order valence-corrected chi connectivity index (χ2v) is 8.60. The van der Waals surface area contributed by atoms with Crippen LogP contribution >= 0.6 is 11.8 Å². The van der Waals surface area contributed by atoms with Gasteiger partial charge >= 0.3 is 0 Å². The number of carbonyl (C=O) groups is 1. The number of nitrogens with one attached hydrogen (secondary N) is 1. The third kappa shape index (κ3) is 7.45. The molecule has 0 bridgehead atoms. The van der Waals surface area contributed by atoms with Crippen molar-refractivity contribution in [3.8, 4) is 11.5 Å². The van der Waals surface area contributed by atoms with Gasteiger partial charge in [0.2, 0.25) is 0 Å². The number of aliphatic imine (C=N–C) groups is 1. The van der Waals surface area contributed by atoms with Crippen molar-refractivity contribution in [3.05, 3.63) is 59.0 Å². The molecule has 170 valence electrons. The highest BCUT2D eigenvalue weighted by Crippen LogP contribution is 2.32. The molecule has 1 saturated heterocycles. The summed E-state index contributed by atoms with van der Waals surface area (Å²) in [5, 5.41) is 3.41. The van der Waals surface area contributed by atoms with E-state index in [1.165, 1.54) is 43.9 Å². The van der Waals surface area contributed by atoms with E-state index in [0.29, 0.717) is 29.0 Å². The van der Waals surface area contributed by atoms with Crippen LogP contribution in [0.25, 0.3) is 6.08 Å². The van der Waals surface area contributed by atoms with Crippen molar-refractivity contribution in [2.75, 3.05) is 13.2 Å². The van der Waals surface area contributed by atoms with Gasteiger partial charge in [-0.25, -0.2) is 4.99 Å². The Morgan fingerprint density at radius 3 is 2.50 bits per heavy atom. The zero-order valence-corrected chi connectivity index (χ0v) is 19.7. The normalized spacial score (nSPS) is 15.9. The lowest BCUT2D eigenvalue weighted by Gasteiger charge is -2.13. The smallest absolute Gasteiger partial charge is 0.264 e. The van der Waals surface area contributed by atoms with Crippen molar-refractivity contribution in [2.45, 2.75) is 52.4 Å². The minimum Gasteiger partial charge on any atom is -0.490 e. The Morgan fingerprint density at radius 1 is 0.938 bits per heavy atom. The van der Waals surface area contributed by atoms with Crippen LogP contribution in [-0.2, 0) is 4.79 Å². The van der Waals surface area contributed by atoms with Crippen LogP contribution < -0.4 is 14.8 Å². The number of amides is 1. The molecule has 6 heteroatoms. The van der Waals surface area contributed by atoms with Crippen molar-refractivity contribution in [3.63, 3.8) is 0 Å². The summed E-state index contributed by atoms with van der Waals surface area (Å²) in [5.74, 6) is 1.30. The first kappa shape index (κ1) is 23.9. The molecule has 5 nitrogen and oxygen atoms in total. The van der Waals surface area contributed by atoms with Crippen LogP contribution in [0.15, 0.2) is 58.4 Å². The van der Waals surface area contributed by atoms with Crippen LogP contribution in [0.5, 0.6) is 11.5 Å². The molecule has 0 atom stereocenters. The van der Waals surface area contributed by atoms with Crippen LogP contribution in [0.3, 0.4) is 0 Å². The van der Waals surface area contributed by atoms with Gasteiger partial charge in [0.25, 0.3) is 5.91 Å². The molecule has 1 aliphatic rings. The topological polar surface area (TPSA) is 59.9 Å². The Bertz CT molecular complexity index is 941. The highest BCUT2D eigenvalue weighted by molar-refractivity contribution is 8.18. The fourth-order valence-electron chi connectivity index (χ4n) is 3.32. The Morgan fingerprint density at radius 2 is 1.72 bits per heavy atom. The summed E-state index contributed by atoms with van der Waals surface area (Å²) in [6.45, 7) is 5.42. The fourth-order valence-corrected chi connectivity index (χ4v) is 4.16. The van der Waals surface area contributed by atoms with Crippen LogP contribution in [0, 0.1) is 0 Å². The van der Waals surface area contributed by atoms with E-state index in [-0.39, 0.29) is 5.91 Å². The average molecular weight is 453 g/mol. The first-order valence-corrected chi connectivity index (χ1v) is 12.3. The minimum atomic E-state index is -0.147. The molecule has 32 heavy (non-hydrogen) atoms. The number of carbonyl (C=O) groups excluding carboxylic acids is 1. The van der Waals surface area contributed by atoms with Gasteiger partial charge in [0.15, 0.2) is 16.7 Å². The van der Waals surface area contributed by atoms with Crippen molar-refractivity contribution < 1.29 is 14.3 Å². The first-order chi connectivity index (χ1) is 15.7. The van der Waals surface area contributed by atoms with Gasteiger partial charge in [-0.1, -0.05) is 63.3 Å². The molecular formula is C26H32N2O3S. The largest absolute Gasteiger partial charge is 0.490 e. The van der Waals surface area contributed by atoms with Crippen LogP contribution in [0.1, 0.15) is 57.9 Å². The van der Waals surface area contributed by atoms with Crippen molar-refractivity contribution in [1.29, 1.82) is 0 Å². The van der Waals surface area contributed by atoms with E-state index in [9.17, 15) is 4.79 Å². The maximum absolute atomic E-state index is 12.4. The highest BCUT2D eigenvalue weighted by atomic mass is 32.2. The summed E-state index contributed by atoms with van der Waals surface area (Å²) >= 11 is 1.34. The fraction of sp³-hybridized carbons (Fsp3) is 0.385. The summed E-state index contributed by atoms with van der Waals surface area (Å²) < 4.78 is 11.8. The molecule has 2 aromatic carbocycles. The zero-order chi connectivity index (χ0) is 22.6. The summed E-state index contributed by atoms with van der Waals surface area (Å²) in [7, 11) is 0. The van der Waals surface area contributed by atoms with Gasteiger partial charge < -0.3 is 14.8 Å². The number of benzene rings is 2. The number of hydrogen-bond donors (Lipinski definition) is 1. The van der Waals surface area contributed by atoms with Gasteiger partial charge in [0.05, 0.1) is 23.8 Å². The summed E-state index contributed by atoms with van der Waals surface area (Å²) in [4.78, 5) is 17.5. The maximum Gasteiger partial charge on any atom is 0.264 e. The van der Waals surface area contributed by atoms with Gasteiger partial charge in [0.1, 0.15) is 0 Å². The molecule has 1 heterocycles. The molecule has 3 rings (SSSR count). The Balaban J connectivity index is 1.62. The van der Waals surface area contributed by atoms with Crippen LogP contribution in [0.2, 0.25) is 0 Å². The third-order valence-electron chi connectivity index (χ3n) is 4.96. The first-order valence-electron chi connectivity index (χ1n) is 11.4. The number of para-hydroxylation sites is 1. The molecule has 1 N–H and O–H groups in total. The van der Waals surface area contributed by atoms with Gasteiger partial charge in [0, 0.05) is 0 Å². The van der Waals surface area contributed by atoms with E-state index in [0.717, 1.165) is 23.4 Å². The van der Waals surface area contributed by atoms with Crippen LogP contribution in [0.4, 0.5) is 5.69 Å². The molecule has 2 aromatic rings. The number of hydrogen-bond acceptors (Lipinski definition) is 5. The predicted molar refractivity (Wildman–Crippen MR) is 134 cm³/mol. The molecule has 0 radical (unpaired) electrons. The lowest BCUT2D eigenvalue weighted by atomic mass is 10.1. The van der Waals surface area contributed by atoms with Crippen molar-refractivity contribution in [2.24, 2.45) is 4.99 Å². The lowest BCUT2D eigenvalue weighted by molar-refractivity contribution is -0.115. The van der Waals surface area contributed by atoms with E-state index in [4.69, 9.17) is 9.47 Å². The average Bonchev–Trinajstić information content (AvgIpc) is 3.13. The molecular weight excluding hydrogens is 420 g/mol. The van der Waals surface area contributed by atoms with E-state index in [1.54, 1.807) is 0 Å². The number of amidine groups is 1. The van der Waals surface area contributed by atoms with Crippen LogP contribution in [-0.4, -0.2) is 24.3 Å². The standard InChI is InChI=1S/C26H32N2O3S/c1-3-5-6-7-8-12-17-31-22-16-15-20(18-23(22)30-4-2)19-24-25(29)28-26(32-24)27-21-13-10-9-11-14-21/h9-11,13-16,18-19H,3-8,12,17H2,1-2H3,(H,27,28,29)/b24-19+. The number of unbranched alkanes of at least 4 members (excludes halogenated alkanes) is 5. The van der Waals surface area contributed by atoms with Crippen molar-refractivity contribution in [1.82, 2.24) is 5.32 Å². The van der Waals surface area contributed by atoms with E-state index >= 15 is 0 Å². The van der Waals surface area contributed by atoms with Crippen molar-refractivity contribution >= 4 is 34.6 Å². The molecule has 1 amide bonds. The molecule has 0 aromatic heterocycles. The Labute approximate surface area is 195 Å². The quantitative estimate of drug-likeness (QED) is 0.287. The lowest BCUT2D eigenvalue weighted by Crippen LogP contribution is -2.19. The SMILES string of the molecule is CCCCCCCCOc1ccc(/C=C2/SC(=Nc3ccccc3)NC2=O)cc1OCC. The minimum absolute atomic E-state index is 0.147. The maximum atomic E-state index is 12.4. The third-order valence-corrected chi connectivity index (χ3v) is 5.87. The summed E-state index contributed by atoms with van der Waals surface area (Å²) in [5.41, 5.74) is 1.70. The predicted octanol–water partition coefficient (Wildman–Crippen LogP) is 6.72. The van der Waals surface area contributed by atoms with Gasteiger partial charge in [-0.2, -0.15) is 0 Å². The molecule has 0 unspecified atom stereocenters. The molecule has 0 spiro atoms. The van der Waals surface area contributed by atoms with E-state index in [2.05, 4.69) is 17.2 Å². The number of thioether (sulfide) groups is 1. The number of rotatable bonds is 12. The number of ether oxygens (including phenoxy) is 2. The second-order valence-electron chi connectivity index (χ2n) is 7.57. The van der Waals surface area contributed by atoms with E-state index < -0.39 is 0 Å². The summed E-state index contributed by atoms with van der Waals surface area (Å²) in [6.07, 6.45) is 9.22. The Kier molecular flexibility index (Phi) is 9.69. The van der Waals surface area contributed by atoms with E-state index in [1.807, 2.05) is 61.5 Å².